The van der Waals surface area contributed by atoms with Gasteiger partial charge in [-0.15, -0.1) is 0 Å². The number of rotatable bonds is 3. The van der Waals surface area contributed by atoms with Gasteiger partial charge >= 0.3 is 0 Å². The second-order valence-corrected chi connectivity index (χ2v) is 5.58. The molecule has 1 aromatic rings. The lowest BCUT2D eigenvalue weighted by Crippen LogP contribution is -2.44. The van der Waals surface area contributed by atoms with E-state index in [2.05, 4.69) is 0 Å². The topological polar surface area (TPSA) is 59.5 Å². The van der Waals surface area contributed by atoms with Crippen LogP contribution in [0.15, 0.2) is 10.5 Å². The van der Waals surface area contributed by atoms with Crippen LogP contribution in [0.2, 0.25) is 0 Å². The Morgan fingerprint density at radius 3 is 2.95 bits per heavy atom. The van der Waals surface area contributed by atoms with E-state index in [4.69, 9.17) is 10.2 Å². The Hall–Kier alpha value is -1.29. The van der Waals surface area contributed by atoms with Crippen molar-refractivity contribution in [2.24, 2.45) is 11.7 Å². The van der Waals surface area contributed by atoms with Crippen LogP contribution in [-0.2, 0) is 6.42 Å². The number of likely N-dealkylation sites (tertiary alicyclic amines) is 1. The molecule has 1 aliphatic heterocycles. The van der Waals surface area contributed by atoms with E-state index >= 15 is 0 Å². The van der Waals surface area contributed by atoms with E-state index in [1.807, 2.05) is 31.7 Å². The molecule has 2 unspecified atom stereocenters. The SMILES string of the molecule is CCc1oc(C(=O)N2CCCC(C(C)N)C2)cc1C. The summed E-state index contributed by atoms with van der Waals surface area (Å²) in [6.45, 7) is 7.60. The Labute approximate surface area is 114 Å². The number of amides is 1. The first-order valence-corrected chi connectivity index (χ1v) is 7.17. The molecule has 1 aliphatic rings. The highest BCUT2D eigenvalue weighted by atomic mass is 16.4. The van der Waals surface area contributed by atoms with Gasteiger partial charge in [0.15, 0.2) is 5.76 Å². The van der Waals surface area contributed by atoms with Gasteiger partial charge in [0.25, 0.3) is 5.91 Å². The van der Waals surface area contributed by atoms with Gasteiger partial charge in [-0.1, -0.05) is 6.92 Å². The van der Waals surface area contributed by atoms with Crippen LogP contribution in [0, 0.1) is 12.8 Å². The average molecular weight is 264 g/mol. The number of carbonyl (C=O) groups is 1. The Morgan fingerprint density at radius 2 is 2.37 bits per heavy atom. The molecule has 1 fully saturated rings. The van der Waals surface area contributed by atoms with Crippen molar-refractivity contribution in [2.45, 2.75) is 46.1 Å². The van der Waals surface area contributed by atoms with Gasteiger partial charge < -0.3 is 15.1 Å². The van der Waals surface area contributed by atoms with Gasteiger partial charge in [0, 0.05) is 25.6 Å². The van der Waals surface area contributed by atoms with Crippen molar-refractivity contribution in [1.29, 1.82) is 0 Å². The van der Waals surface area contributed by atoms with Crippen LogP contribution in [0.5, 0.6) is 0 Å². The molecule has 2 atom stereocenters. The lowest BCUT2D eigenvalue weighted by molar-refractivity contribution is 0.0627. The lowest BCUT2D eigenvalue weighted by atomic mass is 9.92. The van der Waals surface area contributed by atoms with Gasteiger partial charge in [0.2, 0.25) is 0 Å². The highest BCUT2D eigenvalue weighted by molar-refractivity contribution is 5.91. The third kappa shape index (κ3) is 3.00. The number of aryl methyl sites for hydroxylation is 2. The predicted molar refractivity (Wildman–Crippen MR) is 75.1 cm³/mol. The van der Waals surface area contributed by atoms with Crippen molar-refractivity contribution < 1.29 is 9.21 Å². The van der Waals surface area contributed by atoms with E-state index in [1.165, 1.54) is 0 Å². The summed E-state index contributed by atoms with van der Waals surface area (Å²) in [6.07, 6.45) is 2.96. The fourth-order valence-electron chi connectivity index (χ4n) is 2.76. The first-order chi connectivity index (χ1) is 9.02. The van der Waals surface area contributed by atoms with Gasteiger partial charge in [-0.2, -0.15) is 0 Å². The smallest absolute Gasteiger partial charge is 0.289 e. The van der Waals surface area contributed by atoms with Crippen LogP contribution >= 0.6 is 0 Å². The van der Waals surface area contributed by atoms with E-state index in [-0.39, 0.29) is 11.9 Å². The van der Waals surface area contributed by atoms with Gasteiger partial charge in [-0.3, -0.25) is 4.79 Å². The molecule has 2 rings (SSSR count). The number of nitrogens with two attached hydrogens (primary N) is 1. The van der Waals surface area contributed by atoms with Crippen LogP contribution < -0.4 is 5.73 Å². The van der Waals surface area contributed by atoms with E-state index < -0.39 is 0 Å². The second-order valence-electron chi connectivity index (χ2n) is 5.58. The quantitative estimate of drug-likeness (QED) is 0.911. The summed E-state index contributed by atoms with van der Waals surface area (Å²) in [7, 11) is 0. The summed E-state index contributed by atoms with van der Waals surface area (Å²) in [4.78, 5) is 14.3. The molecule has 1 amide bonds. The Balaban J connectivity index is 2.10. The minimum absolute atomic E-state index is 0.00755. The maximum Gasteiger partial charge on any atom is 0.289 e. The molecule has 0 aliphatic carbocycles. The Kier molecular flexibility index (Phi) is 4.30. The molecule has 2 heterocycles. The van der Waals surface area contributed by atoms with Crippen molar-refractivity contribution >= 4 is 5.91 Å². The highest BCUT2D eigenvalue weighted by Crippen LogP contribution is 2.22. The summed E-state index contributed by atoms with van der Waals surface area (Å²) in [6, 6.07) is 2.00. The van der Waals surface area contributed by atoms with Gasteiger partial charge in [0.1, 0.15) is 5.76 Å². The summed E-state index contributed by atoms with van der Waals surface area (Å²) in [5.41, 5.74) is 7.02. The highest BCUT2D eigenvalue weighted by Gasteiger charge is 2.28. The van der Waals surface area contributed by atoms with Crippen molar-refractivity contribution in [3.8, 4) is 0 Å². The summed E-state index contributed by atoms with van der Waals surface area (Å²) in [5, 5.41) is 0. The van der Waals surface area contributed by atoms with Gasteiger partial charge in [-0.05, 0) is 44.2 Å². The number of carbonyl (C=O) groups excluding carboxylic acids is 1. The Bertz CT molecular complexity index is 451. The zero-order valence-corrected chi connectivity index (χ0v) is 12.1. The molecular weight excluding hydrogens is 240 g/mol. The number of hydrogen-bond acceptors (Lipinski definition) is 3. The lowest BCUT2D eigenvalue weighted by Gasteiger charge is -2.34. The standard InChI is InChI=1S/C15H24N2O2/c1-4-13-10(2)8-14(19-13)15(18)17-7-5-6-12(9-17)11(3)16/h8,11-12H,4-7,9,16H2,1-3H3. The van der Waals surface area contributed by atoms with E-state index in [0.29, 0.717) is 11.7 Å². The van der Waals surface area contributed by atoms with Gasteiger partial charge in [0.05, 0.1) is 0 Å². The first-order valence-electron chi connectivity index (χ1n) is 7.17. The second kappa shape index (κ2) is 5.78. The molecule has 4 heteroatoms. The summed E-state index contributed by atoms with van der Waals surface area (Å²) < 4.78 is 5.65. The molecule has 0 bridgehead atoms. The van der Waals surface area contributed by atoms with Crippen LogP contribution in [0.1, 0.15) is 48.6 Å². The van der Waals surface area contributed by atoms with Gasteiger partial charge in [-0.25, -0.2) is 0 Å². The number of hydrogen-bond donors (Lipinski definition) is 1. The molecule has 2 N–H and O–H groups in total. The molecule has 4 nitrogen and oxygen atoms in total. The maximum atomic E-state index is 12.4. The van der Waals surface area contributed by atoms with Crippen molar-refractivity contribution in [3.05, 3.63) is 23.2 Å². The molecule has 19 heavy (non-hydrogen) atoms. The van der Waals surface area contributed by atoms with E-state index in [0.717, 1.165) is 43.7 Å². The average Bonchev–Trinajstić information content (AvgIpc) is 2.79. The number of nitrogens with zero attached hydrogens (tertiary/aromatic N) is 1. The molecule has 1 saturated heterocycles. The zero-order valence-electron chi connectivity index (χ0n) is 12.1. The number of furan rings is 1. The molecule has 106 valence electrons. The van der Waals surface area contributed by atoms with E-state index in [9.17, 15) is 4.79 Å². The van der Waals surface area contributed by atoms with Crippen LogP contribution in [0.3, 0.4) is 0 Å². The van der Waals surface area contributed by atoms with Crippen molar-refractivity contribution in [1.82, 2.24) is 4.90 Å². The summed E-state index contributed by atoms with van der Waals surface area (Å²) >= 11 is 0. The molecule has 0 spiro atoms. The van der Waals surface area contributed by atoms with Crippen LogP contribution in [0.4, 0.5) is 0 Å². The third-order valence-corrected chi connectivity index (χ3v) is 4.04. The fraction of sp³-hybridized carbons (Fsp3) is 0.667. The maximum absolute atomic E-state index is 12.4. The van der Waals surface area contributed by atoms with Crippen LogP contribution in [-0.4, -0.2) is 29.9 Å². The molecular formula is C15H24N2O2. The molecule has 0 saturated carbocycles. The minimum atomic E-state index is 0.00755. The monoisotopic (exact) mass is 264 g/mol. The molecule has 0 radical (unpaired) electrons. The normalized spacial score (nSPS) is 21.5. The largest absolute Gasteiger partial charge is 0.456 e. The van der Waals surface area contributed by atoms with Crippen LogP contribution in [0.25, 0.3) is 0 Å². The van der Waals surface area contributed by atoms with Crippen molar-refractivity contribution in [3.63, 3.8) is 0 Å². The predicted octanol–water partition coefficient (Wildman–Crippen LogP) is 2.35. The van der Waals surface area contributed by atoms with Crippen molar-refractivity contribution in [2.75, 3.05) is 13.1 Å². The summed E-state index contributed by atoms with van der Waals surface area (Å²) in [5.74, 6) is 1.79. The third-order valence-electron chi connectivity index (χ3n) is 4.04. The molecule has 1 aromatic heterocycles. The minimum Gasteiger partial charge on any atom is -0.456 e. The molecule has 0 aromatic carbocycles. The zero-order chi connectivity index (χ0) is 14.0. The fourth-order valence-corrected chi connectivity index (χ4v) is 2.76. The number of piperidine rings is 1. The van der Waals surface area contributed by atoms with E-state index in [1.54, 1.807) is 0 Å². The first kappa shape index (κ1) is 14.1. The Morgan fingerprint density at radius 1 is 1.63 bits per heavy atom.